The monoisotopic (exact) mass is 1420 g/mol. The molecule has 0 amide bonds. The molecule has 0 fully saturated rings. The Labute approximate surface area is 594 Å². The zero-order valence-corrected chi connectivity index (χ0v) is 65.0. The molecule has 17 nitrogen and oxygen atoms in total. The summed E-state index contributed by atoms with van der Waals surface area (Å²) in [5, 5.41) is 10.6. The number of aliphatic hydroxyl groups is 1. The summed E-state index contributed by atoms with van der Waals surface area (Å²) in [6.07, 6.45) is 61.6. The quantitative estimate of drug-likeness (QED) is 0.0222. The molecule has 3 N–H and O–H groups in total. The smallest absolute Gasteiger partial charge is 0.462 e. The van der Waals surface area contributed by atoms with Crippen LogP contribution < -0.4 is 0 Å². The molecule has 0 spiro atoms. The van der Waals surface area contributed by atoms with Crippen LogP contribution in [0.15, 0.2) is 0 Å². The van der Waals surface area contributed by atoms with Crippen LogP contribution >= 0.6 is 15.6 Å². The van der Waals surface area contributed by atoms with Crippen LogP contribution in [0.4, 0.5) is 0 Å². The van der Waals surface area contributed by atoms with Gasteiger partial charge in [-0.1, -0.05) is 362 Å². The highest BCUT2D eigenvalue weighted by Gasteiger charge is 2.30. The van der Waals surface area contributed by atoms with Gasteiger partial charge in [-0.25, -0.2) is 9.13 Å². The van der Waals surface area contributed by atoms with Gasteiger partial charge in [0.2, 0.25) is 0 Å². The molecule has 0 aliphatic carbocycles. The second kappa shape index (κ2) is 71.1. The van der Waals surface area contributed by atoms with Gasteiger partial charge in [-0.2, -0.15) is 0 Å². The predicted octanol–water partition coefficient (Wildman–Crippen LogP) is 23.3. The predicted molar refractivity (Wildman–Crippen MR) is 395 cm³/mol. The summed E-state index contributed by atoms with van der Waals surface area (Å²) < 4.78 is 68.4. The summed E-state index contributed by atoms with van der Waals surface area (Å²) in [6.45, 7) is 7.22. The first kappa shape index (κ1) is 95.1. The fraction of sp³-hybridized carbons (Fsp3) is 0.949. The molecule has 0 aliphatic heterocycles. The number of esters is 4. The number of aliphatic hydroxyl groups excluding tert-OH is 1. The highest BCUT2D eigenvalue weighted by molar-refractivity contribution is 7.47. The zero-order valence-electron chi connectivity index (χ0n) is 63.2. The van der Waals surface area contributed by atoms with Gasteiger partial charge in [0, 0.05) is 25.7 Å². The summed E-state index contributed by atoms with van der Waals surface area (Å²) in [7, 11) is -9.90. The van der Waals surface area contributed by atoms with Gasteiger partial charge in [0.25, 0.3) is 0 Å². The van der Waals surface area contributed by atoms with Crippen LogP contribution in [0.3, 0.4) is 0 Å². The molecule has 19 heteroatoms. The van der Waals surface area contributed by atoms with Crippen molar-refractivity contribution in [3.8, 4) is 0 Å². The van der Waals surface area contributed by atoms with E-state index in [9.17, 15) is 43.2 Å². The standard InChI is InChI=1S/C78H152O17P2/c1-6-9-12-15-17-19-21-23-25-27-29-30-32-34-36-40-44-48-53-58-63-78(83)95-74(68-89-76(81)62-57-52-47-43-39-35-33-31-28-26-24-22-20-18-16-13-10-7-2)70-93-97(86,87)91-66-72(79)65-90-96(84,85)92-69-73(67-88-75(80)61-56-50-14-11-8-3)94-77(82)64-59-54-49-45-41-37-38-42-46-51-55-60-71(4)5/h71-74,79H,6-70H2,1-5H3,(H,84,85)(H,86,87)/t72-,73+,74+/m0/s1. The van der Waals surface area contributed by atoms with Gasteiger partial charge in [0.05, 0.1) is 26.4 Å². The Balaban J connectivity index is 5.13. The van der Waals surface area contributed by atoms with Crippen LogP contribution in [-0.4, -0.2) is 96.7 Å². The molecule has 0 aromatic rings. The minimum atomic E-state index is -4.96. The lowest BCUT2D eigenvalue weighted by molar-refractivity contribution is -0.161. The van der Waals surface area contributed by atoms with Crippen molar-refractivity contribution in [2.24, 2.45) is 5.92 Å². The van der Waals surface area contributed by atoms with Crippen molar-refractivity contribution in [2.45, 2.75) is 432 Å². The van der Waals surface area contributed by atoms with Crippen LogP contribution in [0.5, 0.6) is 0 Å². The average molecular weight is 1420 g/mol. The average Bonchev–Trinajstić information content (AvgIpc) is 3.75. The van der Waals surface area contributed by atoms with E-state index in [4.69, 9.17) is 37.0 Å². The van der Waals surface area contributed by atoms with Crippen LogP contribution in [0.1, 0.15) is 413 Å². The van der Waals surface area contributed by atoms with Crippen LogP contribution in [-0.2, 0) is 65.4 Å². The normalized spacial score (nSPS) is 13.9. The molecule has 0 saturated carbocycles. The zero-order chi connectivity index (χ0) is 71.2. The molecule has 0 aromatic carbocycles. The maximum atomic E-state index is 13.1. The van der Waals surface area contributed by atoms with Gasteiger partial charge in [-0.15, -0.1) is 0 Å². The molecule has 97 heavy (non-hydrogen) atoms. The van der Waals surface area contributed by atoms with Gasteiger partial charge in [0.15, 0.2) is 12.2 Å². The number of hydrogen-bond acceptors (Lipinski definition) is 15. The van der Waals surface area contributed by atoms with Gasteiger partial charge in [0.1, 0.15) is 19.3 Å². The SMILES string of the molecule is CCCCCCCCCCCCCCCCCCCCCCC(=O)O[C@H](COC(=O)CCCCCCCCCCCCCCCCCCCC)COP(=O)(O)OC[C@@H](O)COP(=O)(O)OC[C@@H](COC(=O)CCCCCCC)OC(=O)CCCCCCCCCCCCCC(C)C. The molecule has 5 atom stereocenters. The maximum absolute atomic E-state index is 13.1. The Morgan fingerprint density at radius 1 is 0.278 bits per heavy atom. The molecule has 0 rings (SSSR count). The van der Waals surface area contributed by atoms with E-state index in [-0.39, 0.29) is 25.7 Å². The Bertz CT molecular complexity index is 1860. The van der Waals surface area contributed by atoms with Gasteiger partial charge >= 0.3 is 39.5 Å². The molecule has 0 heterocycles. The molecule has 576 valence electrons. The largest absolute Gasteiger partial charge is 0.472 e. The number of unbranched alkanes of at least 4 members (excludes halogenated alkanes) is 50. The van der Waals surface area contributed by atoms with E-state index < -0.39 is 97.5 Å². The van der Waals surface area contributed by atoms with E-state index >= 15 is 0 Å². The van der Waals surface area contributed by atoms with Crippen LogP contribution in [0, 0.1) is 5.92 Å². The third kappa shape index (κ3) is 72.2. The van der Waals surface area contributed by atoms with E-state index in [1.54, 1.807) is 0 Å². The van der Waals surface area contributed by atoms with Crippen LogP contribution in [0.2, 0.25) is 0 Å². The minimum Gasteiger partial charge on any atom is -0.462 e. The first-order chi connectivity index (χ1) is 47.0. The van der Waals surface area contributed by atoms with Gasteiger partial charge < -0.3 is 33.8 Å². The molecule has 0 aliphatic rings. The van der Waals surface area contributed by atoms with E-state index in [2.05, 4.69) is 34.6 Å². The summed E-state index contributed by atoms with van der Waals surface area (Å²) in [6, 6.07) is 0. The first-order valence-electron chi connectivity index (χ1n) is 40.6. The number of carbonyl (C=O) groups is 4. The van der Waals surface area contributed by atoms with Crippen LogP contribution in [0.25, 0.3) is 0 Å². The number of rotatable bonds is 78. The second-order valence-electron chi connectivity index (χ2n) is 28.6. The van der Waals surface area contributed by atoms with Crippen molar-refractivity contribution >= 4 is 39.5 Å². The molecule has 2 unspecified atom stereocenters. The fourth-order valence-electron chi connectivity index (χ4n) is 12.1. The molecule has 0 saturated heterocycles. The number of carbonyl (C=O) groups excluding carboxylic acids is 4. The van der Waals surface area contributed by atoms with Crippen molar-refractivity contribution in [1.82, 2.24) is 0 Å². The first-order valence-corrected chi connectivity index (χ1v) is 43.6. The summed E-state index contributed by atoms with van der Waals surface area (Å²) in [4.78, 5) is 72.6. The lowest BCUT2D eigenvalue weighted by atomic mass is 10.0. The third-order valence-electron chi connectivity index (χ3n) is 18.3. The van der Waals surface area contributed by atoms with Gasteiger partial charge in [-0.05, 0) is 31.6 Å². The van der Waals surface area contributed by atoms with Crippen molar-refractivity contribution < 1.29 is 80.2 Å². The summed E-state index contributed by atoms with van der Waals surface area (Å²) >= 11 is 0. The minimum absolute atomic E-state index is 0.106. The van der Waals surface area contributed by atoms with E-state index in [1.807, 2.05) is 0 Å². The Morgan fingerprint density at radius 2 is 0.474 bits per heavy atom. The Kier molecular flexibility index (Phi) is 69.6. The number of phosphoric ester groups is 2. The van der Waals surface area contributed by atoms with Crippen molar-refractivity contribution in [1.29, 1.82) is 0 Å². The van der Waals surface area contributed by atoms with Crippen molar-refractivity contribution in [3.05, 3.63) is 0 Å². The molecular weight excluding hydrogens is 1270 g/mol. The summed E-state index contributed by atoms with van der Waals surface area (Å²) in [5.74, 6) is -1.36. The lowest BCUT2D eigenvalue weighted by Crippen LogP contribution is -2.30. The highest BCUT2D eigenvalue weighted by atomic mass is 31.2. The molecular formula is C78H152O17P2. The Morgan fingerprint density at radius 3 is 0.701 bits per heavy atom. The van der Waals surface area contributed by atoms with E-state index in [0.717, 1.165) is 102 Å². The van der Waals surface area contributed by atoms with Crippen molar-refractivity contribution in [2.75, 3.05) is 39.6 Å². The Hall–Kier alpha value is -1.94. The van der Waals surface area contributed by atoms with E-state index in [1.165, 1.54) is 231 Å². The topological polar surface area (TPSA) is 237 Å². The van der Waals surface area contributed by atoms with E-state index in [0.29, 0.717) is 25.7 Å². The molecule has 0 bridgehead atoms. The van der Waals surface area contributed by atoms with Gasteiger partial charge in [-0.3, -0.25) is 37.3 Å². The third-order valence-corrected chi connectivity index (χ3v) is 20.2. The fourth-order valence-corrected chi connectivity index (χ4v) is 13.6. The summed E-state index contributed by atoms with van der Waals surface area (Å²) in [5.41, 5.74) is 0. The maximum Gasteiger partial charge on any atom is 0.472 e. The molecule has 0 aromatic heterocycles. The number of phosphoric acid groups is 2. The highest BCUT2D eigenvalue weighted by Crippen LogP contribution is 2.45. The van der Waals surface area contributed by atoms with Crippen molar-refractivity contribution in [3.63, 3.8) is 0 Å². The number of ether oxygens (including phenoxy) is 4. The second-order valence-corrected chi connectivity index (χ2v) is 31.5. The molecule has 0 radical (unpaired) electrons. The number of hydrogen-bond donors (Lipinski definition) is 3. The lowest BCUT2D eigenvalue weighted by Gasteiger charge is -2.21.